The Morgan fingerprint density at radius 3 is 2.29 bits per heavy atom. The molecule has 1 aliphatic heterocycles. The normalized spacial score (nSPS) is 14.3. The van der Waals surface area contributed by atoms with Crippen LogP contribution in [0.25, 0.3) is 27.0 Å². The van der Waals surface area contributed by atoms with E-state index in [2.05, 4.69) is 5.10 Å². The summed E-state index contributed by atoms with van der Waals surface area (Å²) in [7, 11) is -3.71. The molecule has 1 amide bonds. The molecule has 208 valence electrons. The highest BCUT2D eigenvalue weighted by atomic mass is 32.2. The van der Waals surface area contributed by atoms with E-state index in [4.69, 9.17) is 4.74 Å². The van der Waals surface area contributed by atoms with Crippen molar-refractivity contribution in [2.24, 2.45) is 0 Å². The van der Waals surface area contributed by atoms with Gasteiger partial charge in [0, 0.05) is 32.2 Å². The van der Waals surface area contributed by atoms with Gasteiger partial charge in [0.05, 0.1) is 15.5 Å². The number of sulfonamides is 1. The topological polar surface area (TPSA) is 102 Å². The molecule has 9 nitrogen and oxygen atoms in total. The molecular formula is C30H26N4O5S2. The zero-order chi connectivity index (χ0) is 28.4. The highest BCUT2D eigenvalue weighted by Crippen LogP contribution is 2.26. The second kappa shape index (κ2) is 11.3. The van der Waals surface area contributed by atoms with Crippen molar-refractivity contribution >= 4 is 44.0 Å². The van der Waals surface area contributed by atoms with Crippen molar-refractivity contribution in [3.05, 3.63) is 102 Å². The van der Waals surface area contributed by atoms with Crippen LogP contribution in [0.4, 0.5) is 0 Å². The maximum Gasteiger partial charge on any atom is 0.357 e. The van der Waals surface area contributed by atoms with E-state index in [1.54, 1.807) is 24.3 Å². The van der Waals surface area contributed by atoms with Crippen molar-refractivity contribution in [2.45, 2.75) is 4.90 Å². The predicted molar refractivity (Wildman–Crippen MR) is 156 cm³/mol. The summed E-state index contributed by atoms with van der Waals surface area (Å²) in [6, 6.07) is 27.4. The van der Waals surface area contributed by atoms with Crippen molar-refractivity contribution in [3.8, 4) is 16.3 Å². The lowest BCUT2D eigenvalue weighted by atomic mass is 10.1. The summed E-state index contributed by atoms with van der Waals surface area (Å²) >= 11 is 1.51. The number of thiophene rings is 1. The third-order valence-electron chi connectivity index (χ3n) is 6.97. The first-order valence-corrected chi connectivity index (χ1v) is 15.4. The van der Waals surface area contributed by atoms with Crippen molar-refractivity contribution < 1.29 is 22.7 Å². The summed E-state index contributed by atoms with van der Waals surface area (Å²) in [5, 5.41) is 8.34. The highest BCUT2D eigenvalue weighted by Gasteiger charge is 2.31. The molecule has 2 aromatic heterocycles. The van der Waals surface area contributed by atoms with Gasteiger partial charge < -0.3 is 9.64 Å². The molecule has 41 heavy (non-hydrogen) atoms. The van der Waals surface area contributed by atoms with E-state index in [9.17, 15) is 18.0 Å². The number of rotatable bonds is 7. The Bertz CT molecular complexity index is 1810. The van der Waals surface area contributed by atoms with Crippen LogP contribution in [0, 0.1) is 0 Å². The van der Waals surface area contributed by atoms with Gasteiger partial charge in [0.2, 0.25) is 10.0 Å². The predicted octanol–water partition coefficient (Wildman–Crippen LogP) is 4.44. The fourth-order valence-corrected chi connectivity index (χ4v) is 6.92. The zero-order valence-electron chi connectivity index (χ0n) is 21.9. The summed E-state index contributed by atoms with van der Waals surface area (Å²) in [6.45, 7) is 0.255. The number of carbonyl (C=O) groups excluding carboxylic acids is 2. The quantitative estimate of drug-likeness (QED) is 0.261. The average molecular weight is 587 g/mol. The van der Waals surface area contributed by atoms with Crippen LogP contribution in [0.2, 0.25) is 0 Å². The van der Waals surface area contributed by atoms with Gasteiger partial charge in [-0.05, 0) is 46.5 Å². The van der Waals surface area contributed by atoms with E-state index in [0.29, 0.717) is 11.4 Å². The molecule has 0 bridgehead atoms. The minimum absolute atomic E-state index is 0.153. The third-order valence-corrected chi connectivity index (χ3v) is 9.76. The Kier molecular flexibility index (Phi) is 7.39. The van der Waals surface area contributed by atoms with Crippen molar-refractivity contribution in [1.82, 2.24) is 19.0 Å². The first kappa shape index (κ1) is 26.9. The third kappa shape index (κ3) is 5.51. The first-order chi connectivity index (χ1) is 19.9. The number of aromatic nitrogens is 2. The molecule has 11 heteroatoms. The molecule has 0 radical (unpaired) electrons. The largest absolute Gasteiger partial charge is 0.451 e. The number of para-hydroxylation sites is 1. The van der Waals surface area contributed by atoms with Crippen molar-refractivity contribution in [3.63, 3.8) is 0 Å². The number of hydrogen-bond acceptors (Lipinski definition) is 7. The van der Waals surface area contributed by atoms with Gasteiger partial charge in [0.15, 0.2) is 12.3 Å². The van der Waals surface area contributed by atoms with E-state index in [-0.39, 0.29) is 42.7 Å². The molecule has 6 rings (SSSR count). The molecule has 0 spiro atoms. The van der Waals surface area contributed by atoms with Crippen LogP contribution >= 0.6 is 11.3 Å². The molecule has 3 heterocycles. The van der Waals surface area contributed by atoms with Crippen LogP contribution in [0.5, 0.6) is 0 Å². The van der Waals surface area contributed by atoms with Gasteiger partial charge in [-0.15, -0.1) is 11.3 Å². The number of hydrogen-bond donors (Lipinski definition) is 0. The molecule has 3 aromatic carbocycles. The number of esters is 1. The monoisotopic (exact) mass is 586 g/mol. The minimum atomic E-state index is -3.71. The van der Waals surface area contributed by atoms with Gasteiger partial charge in [0.1, 0.15) is 5.69 Å². The fraction of sp³-hybridized carbons (Fsp3) is 0.167. The number of carbonyl (C=O) groups is 2. The van der Waals surface area contributed by atoms with Gasteiger partial charge in [-0.3, -0.25) is 4.79 Å². The van der Waals surface area contributed by atoms with Gasteiger partial charge in [-0.25, -0.2) is 17.9 Å². The van der Waals surface area contributed by atoms with E-state index in [1.165, 1.54) is 25.2 Å². The molecule has 0 aliphatic carbocycles. The van der Waals surface area contributed by atoms with E-state index < -0.39 is 22.6 Å². The lowest BCUT2D eigenvalue weighted by Crippen LogP contribution is -2.51. The summed E-state index contributed by atoms with van der Waals surface area (Å²) in [4.78, 5) is 28.7. The molecule has 5 aromatic rings. The van der Waals surface area contributed by atoms with Crippen LogP contribution in [0.15, 0.2) is 101 Å². The molecule has 1 saturated heterocycles. The molecule has 0 unspecified atom stereocenters. The van der Waals surface area contributed by atoms with Gasteiger partial charge in [0.25, 0.3) is 5.91 Å². The lowest BCUT2D eigenvalue weighted by molar-refractivity contribution is -0.135. The molecule has 1 aliphatic rings. The zero-order valence-corrected chi connectivity index (χ0v) is 23.6. The van der Waals surface area contributed by atoms with Crippen LogP contribution in [0.3, 0.4) is 0 Å². The number of fused-ring (bicyclic) bond motifs is 1. The standard InChI is InChI=1S/C30H26N4O5S2/c35-29(32-14-16-33(17-15-32)41(37,38)25-13-12-22-7-4-5-8-23(22)19-25)21-39-30(36)27-20-26(28-11-6-18-40-28)31-34(27)24-9-2-1-3-10-24/h1-13,18-20H,14-17,21H2. The van der Waals surface area contributed by atoms with E-state index in [0.717, 1.165) is 15.6 Å². The Hall–Kier alpha value is -4.32. The van der Waals surface area contributed by atoms with Crippen LogP contribution in [-0.2, 0) is 19.6 Å². The molecule has 0 N–H and O–H groups in total. The smallest absolute Gasteiger partial charge is 0.357 e. The second-order valence-electron chi connectivity index (χ2n) is 9.51. The molecule has 0 atom stereocenters. The number of benzene rings is 3. The van der Waals surface area contributed by atoms with Crippen LogP contribution < -0.4 is 0 Å². The number of piperazine rings is 1. The van der Waals surface area contributed by atoms with Gasteiger partial charge in [-0.2, -0.15) is 9.40 Å². The number of amides is 1. The Morgan fingerprint density at radius 2 is 1.56 bits per heavy atom. The second-order valence-corrected chi connectivity index (χ2v) is 12.4. The number of ether oxygens (including phenoxy) is 1. The van der Waals surface area contributed by atoms with Crippen LogP contribution in [0.1, 0.15) is 10.5 Å². The van der Waals surface area contributed by atoms with Crippen molar-refractivity contribution in [2.75, 3.05) is 32.8 Å². The maximum atomic E-state index is 13.3. The van der Waals surface area contributed by atoms with Gasteiger partial charge >= 0.3 is 5.97 Å². The van der Waals surface area contributed by atoms with E-state index in [1.807, 2.05) is 72.1 Å². The van der Waals surface area contributed by atoms with Gasteiger partial charge in [-0.1, -0.05) is 54.6 Å². The first-order valence-electron chi connectivity index (χ1n) is 13.0. The molecule has 0 saturated carbocycles. The van der Waals surface area contributed by atoms with Crippen LogP contribution in [-0.4, -0.2) is 72.1 Å². The fourth-order valence-electron chi connectivity index (χ4n) is 4.78. The van der Waals surface area contributed by atoms with Crippen molar-refractivity contribution in [1.29, 1.82) is 0 Å². The number of nitrogens with zero attached hydrogens (tertiary/aromatic N) is 4. The Balaban J connectivity index is 1.10. The summed E-state index contributed by atoms with van der Waals surface area (Å²) in [6.07, 6.45) is 0. The minimum Gasteiger partial charge on any atom is -0.451 e. The SMILES string of the molecule is O=C(OCC(=O)N1CCN(S(=O)(=O)c2ccc3ccccc3c2)CC1)c1cc(-c2cccs2)nn1-c1ccccc1. The Labute approximate surface area is 241 Å². The molecular weight excluding hydrogens is 560 g/mol. The van der Waals surface area contributed by atoms with E-state index >= 15 is 0 Å². The summed E-state index contributed by atoms with van der Waals surface area (Å²) in [5.74, 6) is -1.06. The summed E-state index contributed by atoms with van der Waals surface area (Å²) < 4.78 is 34.8. The highest BCUT2D eigenvalue weighted by molar-refractivity contribution is 7.89. The lowest BCUT2D eigenvalue weighted by Gasteiger charge is -2.33. The molecule has 1 fully saturated rings. The summed E-state index contributed by atoms with van der Waals surface area (Å²) in [5.41, 5.74) is 1.53. The Morgan fingerprint density at radius 1 is 0.829 bits per heavy atom. The average Bonchev–Trinajstić information content (AvgIpc) is 3.71. The maximum absolute atomic E-state index is 13.3.